The first-order valence-electron chi connectivity index (χ1n) is 9.01. The maximum atomic E-state index is 12.2. The van der Waals surface area contributed by atoms with E-state index in [0.717, 1.165) is 0 Å². The molecule has 7 nitrogen and oxygen atoms in total. The lowest BCUT2D eigenvalue weighted by Crippen LogP contribution is -2.34. The number of nitrogens with one attached hydrogen (secondary N) is 2. The summed E-state index contributed by atoms with van der Waals surface area (Å²) >= 11 is 11.9. The first-order valence-corrected chi connectivity index (χ1v) is 9.76. The van der Waals surface area contributed by atoms with E-state index in [9.17, 15) is 14.9 Å². The number of urea groups is 1. The molecule has 0 bridgehead atoms. The number of nitriles is 1. The molecule has 0 atom stereocenters. The lowest BCUT2D eigenvalue weighted by atomic mass is 10.1. The van der Waals surface area contributed by atoms with Gasteiger partial charge < -0.3 is 10.1 Å². The van der Waals surface area contributed by atoms with Crippen LogP contribution >= 0.6 is 23.2 Å². The van der Waals surface area contributed by atoms with Crippen LogP contribution < -0.4 is 15.4 Å². The van der Waals surface area contributed by atoms with Gasteiger partial charge in [-0.25, -0.2) is 9.78 Å². The smallest absolute Gasteiger partial charge is 0.326 e. The van der Waals surface area contributed by atoms with Crippen molar-refractivity contribution in [2.45, 2.75) is 13.8 Å². The van der Waals surface area contributed by atoms with Gasteiger partial charge in [-0.3, -0.25) is 10.1 Å². The first kappa shape index (κ1) is 22.1. The highest BCUT2D eigenvalue weighted by atomic mass is 35.5. The number of anilines is 1. The summed E-state index contributed by atoms with van der Waals surface area (Å²) in [6.07, 6.45) is 0. The van der Waals surface area contributed by atoms with Gasteiger partial charge in [0.2, 0.25) is 5.88 Å². The van der Waals surface area contributed by atoms with Crippen LogP contribution in [0.2, 0.25) is 10.2 Å². The third-order valence-electron chi connectivity index (χ3n) is 4.21. The molecule has 0 saturated heterocycles. The van der Waals surface area contributed by atoms with Crippen LogP contribution in [0.5, 0.6) is 11.6 Å². The molecule has 9 heteroatoms. The number of hydrogen-bond acceptors (Lipinski definition) is 5. The van der Waals surface area contributed by atoms with Gasteiger partial charge in [0.05, 0.1) is 10.6 Å². The summed E-state index contributed by atoms with van der Waals surface area (Å²) < 4.78 is 5.82. The molecule has 2 aromatic carbocycles. The Labute approximate surface area is 188 Å². The van der Waals surface area contributed by atoms with E-state index in [1.165, 1.54) is 18.2 Å². The predicted octanol–water partition coefficient (Wildman–Crippen LogP) is 5.63. The fourth-order valence-corrected chi connectivity index (χ4v) is 3.20. The zero-order valence-corrected chi connectivity index (χ0v) is 18.0. The van der Waals surface area contributed by atoms with Crippen molar-refractivity contribution in [2.24, 2.45) is 0 Å². The highest BCUT2D eigenvalue weighted by molar-refractivity contribution is 6.34. The number of rotatable bonds is 4. The molecule has 3 rings (SSSR count). The topological polar surface area (TPSA) is 104 Å². The van der Waals surface area contributed by atoms with Crippen LogP contribution in [0.25, 0.3) is 0 Å². The quantitative estimate of drug-likeness (QED) is 0.496. The highest BCUT2D eigenvalue weighted by Gasteiger charge is 2.16. The molecule has 0 unspecified atom stereocenters. The SMILES string of the molecule is Cc1cc(NC(=O)NC(=O)c2ccccc2Cl)cc(C)c1Oc1nc(Cl)ccc1C#N. The number of aromatic nitrogens is 1. The van der Waals surface area contributed by atoms with Crippen LogP contribution in [0.3, 0.4) is 0 Å². The molecule has 0 aliphatic rings. The van der Waals surface area contributed by atoms with Gasteiger partial charge in [-0.15, -0.1) is 0 Å². The predicted molar refractivity (Wildman–Crippen MR) is 118 cm³/mol. The summed E-state index contributed by atoms with van der Waals surface area (Å²) in [6.45, 7) is 3.55. The Balaban J connectivity index is 1.75. The van der Waals surface area contributed by atoms with Gasteiger partial charge in [0, 0.05) is 5.69 Å². The average molecular weight is 455 g/mol. The minimum absolute atomic E-state index is 0.0880. The number of pyridine rings is 1. The lowest BCUT2D eigenvalue weighted by molar-refractivity contribution is 0.0967. The lowest BCUT2D eigenvalue weighted by Gasteiger charge is -2.15. The van der Waals surface area contributed by atoms with Gasteiger partial charge in [-0.05, 0) is 61.4 Å². The third-order valence-corrected chi connectivity index (χ3v) is 4.75. The number of carbonyl (C=O) groups is 2. The second-order valence-corrected chi connectivity index (χ2v) is 7.32. The molecular formula is C22H16Cl2N4O3. The van der Waals surface area contributed by atoms with Crippen LogP contribution in [-0.4, -0.2) is 16.9 Å². The van der Waals surface area contributed by atoms with Crippen molar-refractivity contribution < 1.29 is 14.3 Å². The maximum absolute atomic E-state index is 12.2. The Hall–Kier alpha value is -3.60. The summed E-state index contributed by atoms with van der Waals surface area (Å²) in [6, 6.07) is 14.1. The van der Waals surface area contributed by atoms with Crippen molar-refractivity contribution in [2.75, 3.05) is 5.32 Å². The standard InChI is InChI=1S/C22H16Cl2N4O3/c1-12-9-15(26-22(30)28-20(29)16-5-3-4-6-17(16)23)10-13(2)19(12)31-21-14(11-25)7-8-18(24)27-21/h3-10H,1-2H3,(H2,26,28,29,30). The van der Waals surface area contributed by atoms with Crippen molar-refractivity contribution in [1.82, 2.24) is 10.3 Å². The molecule has 0 aliphatic heterocycles. The molecule has 0 radical (unpaired) electrons. The molecular weight excluding hydrogens is 439 g/mol. The van der Waals surface area contributed by atoms with E-state index < -0.39 is 11.9 Å². The number of nitrogens with zero attached hydrogens (tertiary/aromatic N) is 2. The second kappa shape index (κ2) is 9.47. The van der Waals surface area contributed by atoms with E-state index in [1.807, 2.05) is 6.07 Å². The third kappa shape index (κ3) is 5.31. The van der Waals surface area contributed by atoms with E-state index in [-0.39, 0.29) is 27.2 Å². The monoisotopic (exact) mass is 454 g/mol. The summed E-state index contributed by atoms with van der Waals surface area (Å²) in [5, 5.41) is 14.5. The van der Waals surface area contributed by atoms with Crippen LogP contribution in [0.1, 0.15) is 27.0 Å². The zero-order chi connectivity index (χ0) is 22.5. The van der Waals surface area contributed by atoms with Gasteiger partial charge in [-0.1, -0.05) is 35.3 Å². The van der Waals surface area contributed by atoms with Gasteiger partial charge in [0.25, 0.3) is 5.91 Å². The maximum Gasteiger partial charge on any atom is 0.326 e. The zero-order valence-electron chi connectivity index (χ0n) is 16.5. The van der Waals surface area contributed by atoms with Gasteiger partial charge in [0.1, 0.15) is 22.5 Å². The largest absolute Gasteiger partial charge is 0.437 e. The number of carbonyl (C=O) groups excluding carboxylic acids is 2. The highest BCUT2D eigenvalue weighted by Crippen LogP contribution is 2.32. The molecule has 1 aromatic heterocycles. The Kier molecular flexibility index (Phi) is 6.75. The Morgan fingerprint density at radius 2 is 1.74 bits per heavy atom. The number of amides is 3. The number of benzene rings is 2. The molecule has 2 N–H and O–H groups in total. The van der Waals surface area contributed by atoms with Gasteiger partial charge in [-0.2, -0.15) is 5.26 Å². The number of hydrogen-bond donors (Lipinski definition) is 2. The average Bonchev–Trinajstić information content (AvgIpc) is 2.71. The van der Waals surface area contributed by atoms with E-state index in [4.69, 9.17) is 27.9 Å². The Morgan fingerprint density at radius 1 is 1.06 bits per heavy atom. The molecule has 31 heavy (non-hydrogen) atoms. The van der Waals surface area contributed by atoms with Crippen LogP contribution in [0.15, 0.2) is 48.5 Å². The van der Waals surface area contributed by atoms with Crippen LogP contribution in [0.4, 0.5) is 10.5 Å². The molecule has 0 spiro atoms. The van der Waals surface area contributed by atoms with Crippen LogP contribution in [0, 0.1) is 25.2 Å². The van der Waals surface area contributed by atoms with Gasteiger partial charge >= 0.3 is 6.03 Å². The molecule has 0 aliphatic carbocycles. The molecule has 0 fully saturated rings. The van der Waals surface area contributed by atoms with Crippen molar-refractivity contribution in [3.05, 3.63) is 81.0 Å². The normalized spacial score (nSPS) is 10.2. The fourth-order valence-electron chi connectivity index (χ4n) is 2.84. The van der Waals surface area contributed by atoms with E-state index in [2.05, 4.69) is 15.6 Å². The van der Waals surface area contributed by atoms with Crippen LogP contribution in [-0.2, 0) is 0 Å². The second-order valence-electron chi connectivity index (χ2n) is 6.53. The summed E-state index contributed by atoms with van der Waals surface area (Å²) in [4.78, 5) is 28.5. The van der Waals surface area contributed by atoms with E-state index in [1.54, 1.807) is 44.2 Å². The molecule has 156 valence electrons. The number of ether oxygens (including phenoxy) is 1. The number of aryl methyl sites for hydroxylation is 2. The summed E-state index contributed by atoms with van der Waals surface area (Å²) in [5.41, 5.74) is 2.24. The Bertz CT molecular complexity index is 1200. The molecule has 1 heterocycles. The van der Waals surface area contributed by atoms with Crippen molar-refractivity contribution in [3.63, 3.8) is 0 Å². The van der Waals surface area contributed by atoms with Crippen molar-refractivity contribution in [3.8, 4) is 17.7 Å². The molecule has 3 amide bonds. The fraction of sp³-hybridized carbons (Fsp3) is 0.0909. The Morgan fingerprint density at radius 3 is 2.39 bits per heavy atom. The van der Waals surface area contributed by atoms with Crippen molar-refractivity contribution >= 4 is 40.8 Å². The minimum Gasteiger partial charge on any atom is -0.437 e. The number of imide groups is 1. The number of halogens is 2. The molecule has 3 aromatic rings. The summed E-state index contributed by atoms with van der Waals surface area (Å²) in [5.74, 6) is -0.0538. The van der Waals surface area contributed by atoms with E-state index in [0.29, 0.717) is 22.6 Å². The molecule has 0 saturated carbocycles. The summed E-state index contributed by atoms with van der Waals surface area (Å²) in [7, 11) is 0. The van der Waals surface area contributed by atoms with E-state index >= 15 is 0 Å². The first-order chi connectivity index (χ1) is 14.8. The minimum atomic E-state index is -0.708. The van der Waals surface area contributed by atoms with Gasteiger partial charge in [0.15, 0.2) is 0 Å². The van der Waals surface area contributed by atoms with Crippen molar-refractivity contribution in [1.29, 1.82) is 5.26 Å².